The molecular weight excluding hydrogens is 284 g/mol. The van der Waals surface area contributed by atoms with Crippen molar-refractivity contribution in [2.75, 3.05) is 5.73 Å². The number of hydrogen-bond donors (Lipinski definition) is 1. The Kier molecular flexibility index (Phi) is 2.68. The first-order valence-electron chi connectivity index (χ1n) is 6.32. The van der Waals surface area contributed by atoms with Gasteiger partial charge in [-0.15, -0.1) is 11.3 Å². The molecule has 3 aromatic heterocycles. The molecule has 0 aliphatic rings. The van der Waals surface area contributed by atoms with Gasteiger partial charge in [-0.1, -0.05) is 0 Å². The van der Waals surface area contributed by atoms with Crippen molar-refractivity contribution in [2.45, 2.75) is 0 Å². The molecule has 0 spiro atoms. The van der Waals surface area contributed by atoms with Gasteiger partial charge in [-0.2, -0.15) is 0 Å². The van der Waals surface area contributed by atoms with Gasteiger partial charge in [-0.3, -0.25) is 4.98 Å². The van der Waals surface area contributed by atoms with E-state index in [2.05, 4.69) is 15.0 Å². The zero-order valence-corrected chi connectivity index (χ0v) is 11.7. The Morgan fingerprint density at radius 3 is 2.95 bits per heavy atom. The Morgan fingerprint density at radius 2 is 2.00 bits per heavy atom. The van der Waals surface area contributed by atoms with E-state index >= 15 is 0 Å². The molecule has 0 atom stereocenters. The molecule has 1 aromatic carbocycles. The van der Waals surface area contributed by atoms with Gasteiger partial charge in [0.05, 0.1) is 5.52 Å². The lowest BCUT2D eigenvalue weighted by Gasteiger charge is -2.09. The van der Waals surface area contributed by atoms with E-state index in [1.54, 1.807) is 17.5 Å². The van der Waals surface area contributed by atoms with Gasteiger partial charge in [0, 0.05) is 17.3 Å². The zero-order valence-electron chi connectivity index (χ0n) is 10.9. The molecule has 0 aliphatic carbocycles. The van der Waals surface area contributed by atoms with Gasteiger partial charge in [0.25, 0.3) is 0 Å². The largest absolute Gasteiger partial charge is 0.435 e. The van der Waals surface area contributed by atoms with E-state index in [0.29, 0.717) is 17.3 Å². The molecule has 6 heteroatoms. The van der Waals surface area contributed by atoms with Gasteiger partial charge in [-0.05, 0) is 35.7 Å². The lowest BCUT2D eigenvalue weighted by molar-refractivity contribution is 0.473. The summed E-state index contributed by atoms with van der Waals surface area (Å²) in [7, 11) is 0. The number of benzene rings is 1. The molecule has 0 unspecified atom stereocenters. The Labute approximate surface area is 124 Å². The second kappa shape index (κ2) is 4.68. The van der Waals surface area contributed by atoms with Crippen LogP contribution < -0.4 is 10.5 Å². The topological polar surface area (TPSA) is 73.9 Å². The maximum absolute atomic E-state index is 5.97. The molecule has 2 N–H and O–H groups in total. The highest BCUT2D eigenvalue weighted by molar-refractivity contribution is 7.17. The van der Waals surface area contributed by atoms with Crippen LogP contribution in [0.1, 0.15) is 0 Å². The molecule has 5 nitrogen and oxygen atoms in total. The first-order chi connectivity index (χ1) is 10.3. The van der Waals surface area contributed by atoms with Crippen LogP contribution in [0.5, 0.6) is 11.6 Å². The monoisotopic (exact) mass is 294 g/mol. The highest BCUT2D eigenvalue weighted by Crippen LogP contribution is 2.34. The number of hydrogen-bond acceptors (Lipinski definition) is 6. The predicted molar refractivity (Wildman–Crippen MR) is 83.6 cm³/mol. The van der Waals surface area contributed by atoms with Crippen molar-refractivity contribution in [3.8, 4) is 11.6 Å². The summed E-state index contributed by atoms with van der Waals surface area (Å²) in [5.41, 5.74) is 8.24. The molecular formula is C15H10N4OS. The summed E-state index contributed by atoms with van der Waals surface area (Å²) in [6, 6.07) is 9.34. The van der Waals surface area contributed by atoms with Crippen LogP contribution in [0.25, 0.3) is 21.1 Å². The number of nitrogens with two attached hydrogens (primary N) is 1. The molecule has 4 aromatic rings. The van der Waals surface area contributed by atoms with E-state index in [1.165, 1.54) is 6.33 Å². The molecule has 4 rings (SSSR count). The number of nitrogen functional groups attached to an aromatic ring is 1. The van der Waals surface area contributed by atoms with E-state index in [4.69, 9.17) is 10.5 Å². The van der Waals surface area contributed by atoms with Crippen molar-refractivity contribution in [1.82, 2.24) is 15.0 Å². The molecule has 0 amide bonds. The van der Waals surface area contributed by atoms with E-state index in [1.807, 2.05) is 35.7 Å². The van der Waals surface area contributed by atoms with Gasteiger partial charge in [-0.25, -0.2) is 9.97 Å². The number of fused-ring (bicyclic) bond motifs is 2. The van der Waals surface area contributed by atoms with E-state index < -0.39 is 0 Å². The average Bonchev–Trinajstić information content (AvgIpc) is 3.00. The SMILES string of the molecule is Nc1ccc(Oc2ncnc3ccsc23)c2ncccc12. The Bertz CT molecular complexity index is 951. The van der Waals surface area contributed by atoms with Crippen molar-refractivity contribution >= 4 is 38.1 Å². The first kappa shape index (κ1) is 12.0. The van der Waals surface area contributed by atoms with E-state index in [-0.39, 0.29) is 0 Å². The van der Waals surface area contributed by atoms with Crippen LogP contribution in [0, 0.1) is 0 Å². The number of ether oxygens (including phenoxy) is 1. The van der Waals surface area contributed by atoms with Gasteiger partial charge >= 0.3 is 0 Å². The predicted octanol–water partition coefficient (Wildman–Crippen LogP) is 3.61. The third-order valence-corrected chi connectivity index (χ3v) is 4.08. The minimum absolute atomic E-state index is 0.534. The smallest absolute Gasteiger partial charge is 0.240 e. The van der Waals surface area contributed by atoms with Gasteiger partial charge in [0.1, 0.15) is 16.5 Å². The third-order valence-electron chi connectivity index (χ3n) is 3.18. The van der Waals surface area contributed by atoms with E-state index in [9.17, 15) is 0 Å². The van der Waals surface area contributed by atoms with Crippen LogP contribution in [0.4, 0.5) is 5.69 Å². The number of anilines is 1. The van der Waals surface area contributed by atoms with Crippen LogP contribution in [0.2, 0.25) is 0 Å². The number of pyridine rings is 1. The highest BCUT2D eigenvalue weighted by atomic mass is 32.1. The van der Waals surface area contributed by atoms with Crippen molar-refractivity contribution in [3.05, 3.63) is 48.2 Å². The number of aromatic nitrogens is 3. The summed E-state index contributed by atoms with van der Waals surface area (Å²) >= 11 is 1.55. The van der Waals surface area contributed by atoms with Gasteiger partial charge < -0.3 is 10.5 Å². The summed E-state index contributed by atoms with van der Waals surface area (Å²) in [5.74, 6) is 1.17. The fourth-order valence-electron chi connectivity index (χ4n) is 2.19. The Morgan fingerprint density at radius 1 is 1.05 bits per heavy atom. The number of rotatable bonds is 2. The second-order valence-corrected chi connectivity index (χ2v) is 5.38. The molecule has 0 saturated heterocycles. The summed E-state index contributed by atoms with van der Waals surface area (Å²) in [4.78, 5) is 12.8. The molecule has 0 aliphatic heterocycles. The lowest BCUT2D eigenvalue weighted by atomic mass is 10.2. The van der Waals surface area contributed by atoms with Crippen LogP contribution >= 0.6 is 11.3 Å². The maximum atomic E-state index is 5.97. The first-order valence-corrected chi connectivity index (χ1v) is 7.20. The van der Waals surface area contributed by atoms with Crippen molar-refractivity contribution in [3.63, 3.8) is 0 Å². The minimum atomic E-state index is 0.534. The normalized spacial score (nSPS) is 11.0. The molecule has 0 radical (unpaired) electrons. The van der Waals surface area contributed by atoms with Gasteiger partial charge in [0.2, 0.25) is 5.88 Å². The van der Waals surface area contributed by atoms with Crippen LogP contribution in [0.15, 0.2) is 48.2 Å². The zero-order chi connectivity index (χ0) is 14.2. The average molecular weight is 294 g/mol. The lowest BCUT2D eigenvalue weighted by Crippen LogP contribution is -1.94. The summed E-state index contributed by atoms with van der Waals surface area (Å²) in [6.45, 7) is 0. The highest BCUT2D eigenvalue weighted by Gasteiger charge is 2.11. The molecule has 0 bridgehead atoms. The van der Waals surface area contributed by atoms with Crippen molar-refractivity contribution in [1.29, 1.82) is 0 Å². The third kappa shape index (κ3) is 1.96. The number of nitrogens with zero attached hydrogens (tertiary/aromatic N) is 3. The van der Waals surface area contributed by atoms with Crippen molar-refractivity contribution in [2.24, 2.45) is 0 Å². The maximum Gasteiger partial charge on any atom is 0.240 e. The van der Waals surface area contributed by atoms with Crippen LogP contribution in [0.3, 0.4) is 0 Å². The fourth-order valence-corrected chi connectivity index (χ4v) is 2.96. The molecule has 102 valence electrons. The fraction of sp³-hybridized carbons (Fsp3) is 0. The van der Waals surface area contributed by atoms with E-state index in [0.717, 1.165) is 21.1 Å². The summed E-state index contributed by atoms with van der Waals surface area (Å²) < 4.78 is 6.87. The molecule has 0 fully saturated rings. The van der Waals surface area contributed by atoms with Gasteiger partial charge in [0.15, 0.2) is 5.75 Å². The standard InChI is InChI=1S/C15H10N4OS/c16-10-3-4-12(13-9(10)2-1-6-17-13)20-15-14-11(5-7-21-14)18-8-19-15/h1-8H,16H2. The summed E-state index contributed by atoms with van der Waals surface area (Å²) in [6.07, 6.45) is 3.21. The molecule has 3 heterocycles. The Hall–Kier alpha value is -2.73. The summed E-state index contributed by atoms with van der Waals surface area (Å²) in [5, 5.41) is 2.83. The molecule has 21 heavy (non-hydrogen) atoms. The number of thiophene rings is 1. The molecule has 0 saturated carbocycles. The quantitative estimate of drug-likeness (QED) is 0.572. The van der Waals surface area contributed by atoms with Crippen molar-refractivity contribution < 1.29 is 4.74 Å². The van der Waals surface area contributed by atoms with Crippen LogP contribution in [-0.4, -0.2) is 15.0 Å². The Balaban J connectivity index is 1.88. The second-order valence-electron chi connectivity index (χ2n) is 4.47. The van der Waals surface area contributed by atoms with Crippen LogP contribution in [-0.2, 0) is 0 Å². The minimum Gasteiger partial charge on any atom is -0.435 e.